The molecular formula is C22H32Cl2Zr. The fourth-order valence-electron chi connectivity index (χ4n) is 4.23. The van der Waals surface area contributed by atoms with Crippen LogP contribution in [-0.4, -0.2) is 0 Å². The van der Waals surface area contributed by atoms with Crippen molar-refractivity contribution in [2.24, 2.45) is 11.8 Å². The fourth-order valence-corrected chi connectivity index (χ4v) is 4.23. The van der Waals surface area contributed by atoms with Gasteiger partial charge >= 0.3 is 26.2 Å². The van der Waals surface area contributed by atoms with Gasteiger partial charge in [0.05, 0.1) is 0 Å². The van der Waals surface area contributed by atoms with Gasteiger partial charge in [0.15, 0.2) is 0 Å². The molecule has 0 atom stereocenters. The Bertz CT molecular complexity index is 420. The summed E-state index contributed by atoms with van der Waals surface area (Å²) in [5.74, 6) is 1.73. The molecule has 4 aliphatic carbocycles. The second-order valence-electron chi connectivity index (χ2n) is 7.15. The summed E-state index contributed by atoms with van der Waals surface area (Å²) >= 11 is 0. The average Bonchev–Trinajstić information content (AvgIpc) is 3.31. The monoisotopic (exact) mass is 456 g/mol. The van der Waals surface area contributed by atoms with Crippen LogP contribution in [0.3, 0.4) is 0 Å². The van der Waals surface area contributed by atoms with Gasteiger partial charge in [-0.25, -0.2) is 23.3 Å². The minimum absolute atomic E-state index is 0. The second kappa shape index (κ2) is 14.5. The Kier molecular flexibility index (Phi) is 14.7. The van der Waals surface area contributed by atoms with Crippen molar-refractivity contribution in [3.8, 4) is 0 Å². The number of halogens is 2. The molecule has 2 saturated carbocycles. The van der Waals surface area contributed by atoms with Crippen molar-refractivity contribution in [3.63, 3.8) is 0 Å². The van der Waals surface area contributed by atoms with Gasteiger partial charge in [0.1, 0.15) is 0 Å². The predicted octanol–water partition coefficient (Wildman–Crippen LogP) is 7.35. The standard InChI is InChI=1S/2C11H15.2ClH.Zr/c2*1-2-6-10(7-3-1)11-8-4-5-9-11;;;/h2*4,8,10H,1-3,5-7H2;2*1H;/q2*-1;;;+2. The van der Waals surface area contributed by atoms with E-state index in [1.165, 1.54) is 75.4 Å². The zero-order valence-electron chi connectivity index (χ0n) is 15.3. The summed E-state index contributed by atoms with van der Waals surface area (Å²) in [5.41, 5.74) is 3.01. The summed E-state index contributed by atoms with van der Waals surface area (Å²) in [4.78, 5) is 0. The Hall–Kier alpha value is 0.423. The first kappa shape index (κ1) is 25.4. The summed E-state index contributed by atoms with van der Waals surface area (Å²) in [5, 5.41) is 0. The first-order valence-corrected chi connectivity index (χ1v) is 9.48. The Morgan fingerprint density at radius 1 is 0.600 bits per heavy atom. The Balaban J connectivity index is 0.000000411. The summed E-state index contributed by atoms with van der Waals surface area (Å²) < 4.78 is 0. The topological polar surface area (TPSA) is 0 Å². The maximum absolute atomic E-state index is 3.43. The first-order chi connectivity index (χ1) is 10.9. The smallest absolute Gasteiger partial charge is 0.269 e. The van der Waals surface area contributed by atoms with E-state index in [2.05, 4.69) is 36.5 Å². The summed E-state index contributed by atoms with van der Waals surface area (Å²) in [6.07, 6.45) is 32.3. The third-order valence-electron chi connectivity index (χ3n) is 5.53. The molecule has 4 rings (SSSR count). The SMILES string of the molecule is Cl.Cl.[C-]1=C(C2CCCCC2)C=CC1.[C-]1=C(C2CCCCC2)C=CC1.[Zr+2]. The fraction of sp³-hybridized carbons (Fsp3) is 0.636. The predicted molar refractivity (Wildman–Crippen MR) is 109 cm³/mol. The van der Waals surface area contributed by atoms with Crippen molar-refractivity contribution < 1.29 is 26.2 Å². The van der Waals surface area contributed by atoms with Crippen LogP contribution in [0.1, 0.15) is 77.0 Å². The van der Waals surface area contributed by atoms with E-state index in [1.807, 2.05) is 0 Å². The van der Waals surface area contributed by atoms with Crippen molar-refractivity contribution >= 4 is 24.8 Å². The van der Waals surface area contributed by atoms with E-state index in [4.69, 9.17) is 0 Å². The molecule has 0 nitrogen and oxygen atoms in total. The largest absolute Gasteiger partial charge is 2.00 e. The molecule has 138 valence electrons. The van der Waals surface area contributed by atoms with Crippen LogP contribution in [0.2, 0.25) is 0 Å². The normalized spacial score (nSPS) is 22.6. The molecule has 0 aromatic carbocycles. The molecule has 0 bridgehead atoms. The second-order valence-corrected chi connectivity index (χ2v) is 7.15. The molecule has 2 fully saturated rings. The van der Waals surface area contributed by atoms with Crippen LogP contribution in [0, 0.1) is 24.0 Å². The third-order valence-corrected chi connectivity index (χ3v) is 5.53. The molecule has 3 heteroatoms. The number of allylic oxidation sites excluding steroid dienone is 8. The number of hydrogen-bond donors (Lipinski definition) is 0. The molecule has 0 amide bonds. The van der Waals surface area contributed by atoms with E-state index < -0.39 is 0 Å². The summed E-state index contributed by atoms with van der Waals surface area (Å²) in [7, 11) is 0. The van der Waals surface area contributed by atoms with E-state index >= 15 is 0 Å². The molecule has 0 heterocycles. The van der Waals surface area contributed by atoms with E-state index in [0.29, 0.717) is 0 Å². The molecule has 4 aliphatic rings. The van der Waals surface area contributed by atoms with Crippen LogP contribution in [0.25, 0.3) is 0 Å². The summed E-state index contributed by atoms with van der Waals surface area (Å²) in [6, 6.07) is 0. The van der Waals surface area contributed by atoms with Gasteiger partial charge in [-0.3, -0.25) is 12.2 Å². The van der Waals surface area contributed by atoms with Gasteiger partial charge in [0, 0.05) is 0 Å². The van der Waals surface area contributed by atoms with E-state index in [0.717, 1.165) is 24.7 Å². The Labute approximate surface area is 186 Å². The summed E-state index contributed by atoms with van der Waals surface area (Å²) in [6.45, 7) is 0. The zero-order valence-corrected chi connectivity index (χ0v) is 19.4. The molecule has 0 N–H and O–H groups in total. The van der Waals surface area contributed by atoms with Crippen LogP contribution in [0.5, 0.6) is 0 Å². The Morgan fingerprint density at radius 2 is 0.960 bits per heavy atom. The molecule has 0 spiro atoms. The quantitative estimate of drug-likeness (QED) is 0.379. The minimum Gasteiger partial charge on any atom is -0.269 e. The van der Waals surface area contributed by atoms with Crippen LogP contribution in [0.15, 0.2) is 35.5 Å². The molecule has 0 aliphatic heterocycles. The van der Waals surface area contributed by atoms with Crippen molar-refractivity contribution in [2.45, 2.75) is 77.0 Å². The molecule has 0 aromatic rings. The van der Waals surface area contributed by atoms with Gasteiger partial charge in [-0.1, -0.05) is 38.5 Å². The maximum Gasteiger partial charge on any atom is 2.00 e. The average molecular weight is 459 g/mol. The van der Waals surface area contributed by atoms with Gasteiger partial charge in [0.25, 0.3) is 0 Å². The molecule has 25 heavy (non-hydrogen) atoms. The van der Waals surface area contributed by atoms with Crippen molar-refractivity contribution in [1.82, 2.24) is 0 Å². The minimum atomic E-state index is 0. The van der Waals surface area contributed by atoms with Gasteiger partial charge in [-0.15, -0.1) is 37.7 Å². The van der Waals surface area contributed by atoms with Gasteiger partial charge in [0.2, 0.25) is 0 Å². The first-order valence-electron chi connectivity index (χ1n) is 9.48. The third kappa shape index (κ3) is 8.32. The van der Waals surface area contributed by atoms with Crippen LogP contribution < -0.4 is 0 Å². The van der Waals surface area contributed by atoms with E-state index in [1.54, 1.807) is 0 Å². The van der Waals surface area contributed by atoms with Gasteiger partial charge in [-0.2, -0.15) is 12.2 Å². The van der Waals surface area contributed by atoms with Crippen LogP contribution >= 0.6 is 24.8 Å². The molecule has 0 radical (unpaired) electrons. The molecular weight excluding hydrogens is 426 g/mol. The van der Waals surface area contributed by atoms with Gasteiger partial charge < -0.3 is 0 Å². The van der Waals surface area contributed by atoms with Crippen molar-refractivity contribution in [3.05, 3.63) is 47.6 Å². The Morgan fingerprint density at radius 3 is 1.24 bits per heavy atom. The van der Waals surface area contributed by atoms with Crippen LogP contribution in [0.4, 0.5) is 0 Å². The zero-order chi connectivity index (χ0) is 15.0. The van der Waals surface area contributed by atoms with Crippen LogP contribution in [-0.2, 0) is 26.2 Å². The molecule has 0 aromatic heterocycles. The van der Waals surface area contributed by atoms with Gasteiger partial charge in [-0.05, 0) is 37.5 Å². The maximum atomic E-state index is 3.43. The van der Waals surface area contributed by atoms with Crippen molar-refractivity contribution in [1.29, 1.82) is 0 Å². The van der Waals surface area contributed by atoms with E-state index in [9.17, 15) is 0 Å². The number of rotatable bonds is 2. The number of hydrogen-bond acceptors (Lipinski definition) is 0. The molecule has 0 unspecified atom stereocenters. The van der Waals surface area contributed by atoms with Crippen molar-refractivity contribution in [2.75, 3.05) is 0 Å². The molecule has 0 saturated heterocycles. The van der Waals surface area contributed by atoms with E-state index in [-0.39, 0.29) is 51.0 Å².